The van der Waals surface area contributed by atoms with Crippen LogP contribution in [-0.4, -0.2) is 35.3 Å². The molecule has 0 radical (unpaired) electrons. The molecule has 0 spiro atoms. The van der Waals surface area contributed by atoms with Crippen molar-refractivity contribution in [2.45, 2.75) is 6.61 Å². The minimum Gasteiger partial charge on any atom is -0.497 e. The summed E-state index contributed by atoms with van der Waals surface area (Å²) in [5, 5.41) is 6.88. The van der Waals surface area contributed by atoms with Crippen molar-refractivity contribution in [1.82, 2.24) is 15.1 Å². The van der Waals surface area contributed by atoms with E-state index in [-0.39, 0.29) is 19.1 Å². The summed E-state index contributed by atoms with van der Waals surface area (Å²) in [5.74, 6) is -0.241. The van der Waals surface area contributed by atoms with Crippen LogP contribution in [0.25, 0.3) is 5.69 Å². The predicted octanol–water partition coefficient (Wildman–Crippen LogP) is 2.35. The van der Waals surface area contributed by atoms with Crippen LogP contribution in [0.2, 0.25) is 0 Å². The third kappa shape index (κ3) is 4.94. The topological polar surface area (TPSA) is 82.5 Å². The number of carbonyl (C=O) groups excluding carboxylic acids is 2. The highest BCUT2D eigenvalue weighted by Gasteiger charge is 2.10. The second kappa shape index (κ2) is 8.66. The van der Waals surface area contributed by atoms with Gasteiger partial charge in [0.25, 0.3) is 5.91 Å². The number of nitrogens with one attached hydrogen (secondary N) is 1. The van der Waals surface area contributed by atoms with Gasteiger partial charge in [-0.15, -0.1) is 0 Å². The Kier molecular flexibility index (Phi) is 5.84. The highest BCUT2D eigenvalue weighted by Crippen LogP contribution is 2.11. The van der Waals surface area contributed by atoms with E-state index in [9.17, 15) is 9.59 Å². The molecule has 0 aliphatic carbocycles. The van der Waals surface area contributed by atoms with Crippen molar-refractivity contribution in [3.63, 3.8) is 0 Å². The van der Waals surface area contributed by atoms with E-state index in [0.717, 1.165) is 5.69 Å². The van der Waals surface area contributed by atoms with E-state index in [0.29, 0.717) is 17.0 Å². The molecular formula is C20H19N3O4. The molecule has 138 valence electrons. The first-order valence-electron chi connectivity index (χ1n) is 8.33. The average Bonchev–Trinajstić information content (AvgIpc) is 3.20. The molecule has 7 nitrogen and oxygen atoms in total. The molecule has 1 N–H and O–H groups in total. The Bertz CT molecular complexity index is 904. The highest BCUT2D eigenvalue weighted by molar-refractivity contribution is 5.96. The quantitative estimate of drug-likeness (QED) is 0.650. The number of methoxy groups -OCH3 is 1. The molecule has 2 aromatic carbocycles. The minimum atomic E-state index is -0.536. The van der Waals surface area contributed by atoms with Crippen molar-refractivity contribution in [3.8, 4) is 11.4 Å². The van der Waals surface area contributed by atoms with Gasteiger partial charge in [0.1, 0.15) is 24.6 Å². The van der Waals surface area contributed by atoms with Crippen LogP contribution in [0, 0.1) is 0 Å². The maximum Gasteiger partial charge on any atom is 0.325 e. The van der Waals surface area contributed by atoms with Crippen molar-refractivity contribution in [3.05, 3.63) is 78.1 Å². The first-order valence-corrected chi connectivity index (χ1v) is 8.33. The van der Waals surface area contributed by atoms with Gasteiger partial charge in [0.15, 0.2) is 0 Å². The molecule has 27 heavy (non-hydrogen) atoms. The summed E-state index contributed by atoms with van der Waals surface area (Å²) < 4.78 is 11.9. The number of hydrogen-bond acceptors (Lipinski definition) is 5. The molecule has 3 aromatic rings. The van der Waals surface area contributed by atoms with Crippen LogP contribution < -0.4 is 10.1 Å². The van der Waals surface area contributed by atoms with E-state index in [1.807, 2.05) is 30.3 Å². The zero-order chi connectivity index (χ0) is 19.1. The van der Waals surface area contributed by atoms with Crippen LogP contribution in [0.5, 0.6) is 5.75 Å². The molecule has 0 bridgehead atoms. The van der Waals surface area contributed by atoms with Crippen molar-refractivity contribution in [1.29, 1.82) is 0 Å². The van der Waals surface area contributed by atoms with Gasteiger partial charge in [0.2, 0.25) is 0 Å². The molecule has 7 heteroatoms. The number of aromatic nitrogens is 2. The van der Waals surface area contributed by atoms with Gasteiger partial charge >= 0.3 is 5.97 Å². The number of carbonyl (C=O) groups is 2. The molecule has 0 unspecified atom stereocenters. The van der Waals surface area contributed by atoms with Gasteiger partial charge in [-0.05, 0) is 42.5 Å². The fraction of sp³-hybridized carbons (Fsp3) is 0.150. The van der Waals surface area contributed by atoms with Gasteiger partial charge in [-0.2, -0.15) is 5.10 Å². The molecular weight excluding hydrogens is 346 g/mol. The molecule has 0 fully saturated rings. The standard InChI is InChI=1S/C20H19N3O4/c1-26-18-9-7-15(8-10-18)20(25)21-13-19(24)27-14-16-11-12-23(22-16)17-5-3-2-4-6-17/h2-12H,13-14H2,1H3,(H,21,25). The molecule has 0 saturated carbocycles. The SMILES string of the molecule is COc1ccc(C(=O)NCC(=O)OCc2ccn(-c3ccccc3)n2)cc1. The Hall–Kier alpha value is -3.61. The number of para-hydroxylation sites is 1. The number of amides is 1. The number of benzene rings is 2. The van der Waals surface area contributed by atoms with Crippen molar-refractivity contribution in [2.24, 2.45) is 0 Å². The van der Waals surface area contributed by atoms with Gasteiger partial charge in [0, 0.05) is 11.8 Å². The average molecular weight is 365 g/mol. The lowest BCUT2D eigenvalue weighted by atomic mass is 10.2. The predicted molar refractivity (Wildman–Crippen MR) is 98.7 cm³/mol. The summed E-state index contributed by atoms with van der Waals surface area (Å²) >= 11 is 0. The smallest absolute Gasteiger partial charge is 0.325 e. The zero-order valence-corrected chi connectivity index (χ0v) is 14.8. The van der Waals surface area contributed by atoms with Crippen LogP contribution in [0.4, 0.5) is 0 Å². The molecule has 0 atom stereocenters. The molecule has 1 amide bonds. The number of rotatable bonds is 7. The monoisotopic (exact) mass is 365 g/mol. The van der Waals surface area contributed by atoms with E-state index in [1.54, 1.807) is 48.3 Å². The van der Waals surface area contributed by atoms with Gasteiger partial charge in [-0.3, -0.25) is 9.59 Å². The lowest BCUT2D eigenvalue weighted by Crippen LogP contribution is -2.30. The Morgan fingerprint density at radius 1 is 1.04 bits per heavy atom. The van der Waals surface area contributed by atoms with Crippen LogP contribution >= 0.6 is 0 Å². The number of hydrogen-bond donors (Lipinski definition) is 1. The van der Waals surface area contributed by atoms with Crippen LogP contribution in [0.1, 0.15) is 16.1 Å². The van der Waals surface area contributed by atoms with Gasteiger partial charge in [-0.25, -0.2) is 4.68 Å². The Morgan fingerprint density at radius 2 is 1.78 bits per heavy atom. The third-order valence-corrected chi connectivity index (χ3v) is 3.79. The Morgan fingerprint density at radius 3 is 2.48 bits per heavy atom. The number of nitrogens with zero attached hydrogens (tertiary/aromatic N) is 2. The van der Waals surface area contributed by atoms with E-state index in [2.05, 4.69) is 10.4 Å². The van der Waals surface area contributed by atoms with E-state index < -0.39 is 5.97 Å². The second-order valence-corrected chi connectivity index (χ2v) is 5.66. The highest BCUT2D eigenvalue weighted by atomic mass is 16.5. The third-order valence-electron chi connectivity index (χ3n) is 3.79. The minimum absolute atomic E-state index is 0.0388. The van der Waals surface area contributed by atoms with Crippen LogP contribution in [0.3, 0.4) is 0 Å². The molecule has 1 aromatic heterocycles. The first kappa shape index (κ1) is 18.2. The largest absolute Gasteiger partial charge is 0.497 e. The normalized spacial score (nSPS) is 10.3. The fourth-order valence-corrected chi connectivity index (χ4v) is 2.37. The molecule has 0 aliphatic rings. The van der Waals surface area contributed by atoms with Crippen LogP contribution in [0.15, 0.2) is 66.9 Å². The van der Waals surface area contributed by atoms with E-state index >= 15 is 0 Å². The molecule has 3 rings (SSSR count). The van der Waals surface area contributed by atoms with E-state index in [1.165, 1.54) is 0 Å². The lowest BCUT2D eigenvalue weighted by Gasteiger charge is -2.06. The first-order chi connectivity index (χ1) is 13.2. The maximum absolute atomic E-state index is 12.0. The van der Waals surface area contributed by atoms with Gasteiger partial charge in [0.05, 0.1) is 12.8 Å². The molecule has 0 saturated heterocycles. The van der Waals surface area contributed by atoms with Crippen molar-refractivity contribution < 1.29 is 19.1 Å². The Balaban J connectivity index is 1.45. The number of ether oxygens (including phenoxy) is 2. The van der Waals surface area contributed by atoms with Crippen molar-refractivity contribution in [2.75, 3.05) is 13.7 Å². The zero-order valence-electron chi connectivity index (χ0n) is 14.8. The van der Waals surface area contributed by atoms with Gasteiger partial charge < -0.3 is 14.8 Å². The second-order valence-electron chi connectivity index (χ2n) is 5.66. The summed E-state index contributed by atoms with van der Waals surface area (Å²) in [5.41, 5.74) is 1.97. The van der Waals surface area contributed by atoms with E-state index in [4.69, 9.17) is 9.47 Å². The summed E-state index contributed by atoms with van der Waals surface area (Å²) in [6.07, 6.45) is 1.80. The Labute approximate surface area is 156 Å². The number of esters is 1. The van der Waals surface area contributed by atoms with Crippen LogP contribution in [-0.2, 0) is 16.1 Å². The summed E-state index contributed by atoms with van der Waals surface area (Å²) in [4.78, 5) is 23.8. The summed E-state index contributed by atoms with van der Waals surface area (Å²) in [7, 11) is 1.55. The summed E-state index contributed by atoms with van der Waals surface area (Å²) in [6, 6.07) is 18.0. The fourth-order valence-electron chi connectivity index (χ4n) is 2.37. The van der Waals surface area contributed by atoms with Crippen molar-refractivity contribution >= 4 is 11.9 Å². The molecule has 0 aliphatic heterocycles. The van der Waals surface area contributed by atoms with Gasteiger partial charge in [-0.1, -0.05) is 18.2 Å². The lowest BCUT2D eigenvalue weighted by molar-refractivity contribution is -0.143. The maximum atomic E-state index is 12.0. The summed E-state index contributed by atoms with van der Waals surface area (Å²) in [6.45, 7) is -0.179. The molecule has 1 heterocycles.